The van der Waals surface area contributed by atoms with E-state index in [1.807, 2.05) is 4.90 Å². The van der Waals surface area contributed by atoms with Gasteiger partial charge in [-0.25, -0.2) is 4.39 Å². The van der Waals surface area contributed by atoms with Gasteiger partial charge in [0, 0.05) is 25.1 Å². The van der Waals surface area contributed by atoms with Gasteiger partial charge >= 0.3 is 6.18 Å². The number of nitrogens with two attached hydrogens (primary N) is 1. The summed E-state index contributed by atoms with van der Waals surface area (Å²) in [6.07, 6.45) is 4.34. The fourth-order valence-corrected chi connectivity index (χ4v) is 6.52. The lowest BCUT2D eigenvalue weighted by molar-refractivity contribution is -0.256. The third-order valence-corrected chi connectivity index (χ3v) is 9.20. The highest BCUT2D eigenvalue weighted by Gasteiger charge is 2.58. The minimum atomic E-state index is -4.14. The number of hydrogen-bond donors (Lipinski definition) is 1. The van der Waals surface area contributed by atoms with Gasteiger partial charge in [-0.3, -0.25) is 9.59 Å². The number of benzene rings is 1. The Kier molecular flexibility index (Phi) is 8.01. The molecular formula is C30H37F4N3O3. The molecule has 1 unspecified atom stereocenters. The van der Waals surface area contributed by atoms with Crippen LogP contribution in [0.5, 0.6) is 5.75 Å². The Labute approximate surface area is 232 Å². The molecule has 4 aliphatic rings. The summed E-state index contributed by atoms with van der Waals surface area (Å²) < 4.78 is 62.9. The van der Waals surface area contributed by atoms with E-state index in [4.69, 9.17) is 10.5 Å². The van der Waals surface area contributed by atoms with Crippen molar-refractivity contribution in [2.75, 3.05) is 32.8 Å². The molecule has 2 saturated heterocycles. The number of carbonyl (C=O) groups excluding carboxylic acids is 2. The van der Waals surface area contributed by atoms with Gasteiger partial charge < -0.3 is 20.3 Å². The molecule has 0 aromatic heterocycles. The number of piperidine rings is 1. The maximum Gasteiger partial charge on any atom is 0.395 e. The van der Waals surface area contributed by atoms with Crippen LogP contribution < -0.4 is 10.5 Å². The molecule has 2 atom stereocenters. The second kappa shape index (κ2) is 11.2. The van der Waals surface area contributed by atoms with Crippen molar-refractivity contribution in [3.63, 3.8) is 0 Å². The van der Waals surface area contributed by atoms with Gasteiger partial charge in [0.15, 0.2) is 0 Å². The Morgan fingerprint density at radius 3 is 2.33 bits per heavy atom. The number of hydrogen-bond acceptors (Lipinski definition) is 4. The van der Waals surface area contributed by atoms with Crippen LogP contribution in [0.4, 0.5) is 17.6 Å². The molecule has 0 radical (unpaired) electrons. The van der Waals surface area contributed by atoms with E-state index in [2.05, 4.69) is 0 Å². The highest BCUT2D eigenvalue weighted by Crippen LogP contribution is 2.53. The van der Waals surface area contributed by atoms with E-state index in [0.29, 0.717) is 56.8 Å². The van der Waals surface area contributed by atoms with Crippen LogP contribution in [0.3, 0.4) is 0 Å². The number of ether oxygens (including phenoxy) is 1. The van der Waals surface area contributed by atoms with Crippen LogP contribution in [-0.2, 0) is 9.59 Å². The van der Waals surface area contributed by atoms with Gasteiger partial charge in [-0.1, -0.05) is 36.8 Å². The largest absolute Gasteiger partial charge is 0.493 e. The van der Waals surface area contributed by atoms with Crippen molar-refractivity contribution in [3.8, 4) is 5.75 Å². The zero-order valence-electron chi connectivity index (χ0n) is 22.6. The van der Waals surface area contributed by atoms with Crippen molar-refractivity contribution in [2.24, 2.45) is 17.1 Å². The lowest BCUT2D eigenvalue weighted by atomic mass is 9.67. The van der Waals surface area contributed by atoms with Gasteiger partial charge in [-0.15, -0.1) is 0 Å². The van der Waals surface area contributed by atoms with Gasteiger partial charge in [0.25, 0.3) is 5.91 Å². The molecule has 2 heterocycles. The Morgan fingerprint density at radius 2 is 1.73 bits per heavy atom. The van der Waals surface area contributed by atoms with Crippen LogP contribution in [0.2, 0.25) is 0 Å². The summed E-state index contributed by atoms with van der Waals surface area (Å²) in [7, 11) is 0. The minimum Gasteiger partial charge on any atom is -0.493 e. The Bertz CT molecular complexity index is 1150. The molecule has 3 fully saturated rings. The van der Waals surface area contributed by atoms with Gasteiger partial charge in [0.05, 0.1) is 12.0 Å². The van der Waals surface area contributed by atoms with Crippen molar-refractivity contribution < 1.29 is 31.9 Å². The molecule has 5 rings (SSSR count). The molecule has 2 amide bonds. The minimum absolute atomic E-state index is 0.0933. The fraction of sp³-hybridized carbons (Fsp3) is 0.600. The number of carbonyl (C=O) groups is 2. The van der Waals surface area contributed by atoms with Gasteiger partial charge in [-0.05, 0) is 75.2 Å². The first-order valence-corrected chi connectivity index (χ1v) is 14.2. The third-order valence-electron chi connectivity index (χ3n) is 9.20. The summed E-state index contributed by atoms with van der Waals surface area (Å²) in [6.45, 7) is 2.11. The number of allylic oxidation sites excluding steroid dienone is 3. The number of alkyl halides is 4. The maximum atomic E-state index is 16.4. The molecule has 10 heteroatoms. The van der Waals surface area contributed by atoms with Crippen LogP contribution in [0.1, 0.15) is 56.9 Å². The molecule has 0 bridgehead atoms. The molecule has 6 nitrogen and oxygen atoms in total. The monoisotopic (exact) mass is 563 g/mol. The van der Waals surface area contributed by atoms with E-state index in [1.54, 1.807) is 42.5 Å². The predicted molar refractivity (Wildman–Crippen MR) is 143 cm³/mol. The van der Waals surface area contributed by atoms with Gasteiger partial charge in [0.1, 0.15) is 11.8 Å². The molecular weight excluding hydrogens is 526 g/mol. The highest BCUT2D eigenvalue weighted by atomic mass is 19.4. The maximum absolute atomic E-state index is 16.4. The van der Waals surface area contributed by atoms with E-state index >= 15 is 4.39 Å². The lowest BCUT2D eigenvalue weighted by Gasteiger charge is -2.47. The molecule has 1 saturated carbocycles. The van der Waals surface area contributed by atoms with Crippen LogP contribution in [0.15, 0.2) is 42.5 Å². The molecule has 1 aromatic rings. The normalized spacial score (nSPS) is 27.2. The zero-order valence-corrected chi connectivity index (χ0v) is 22.6. The molecule has 0 spiro atoms. The zero-order chi connectivity index (χ0) is 28.5. The van der Waals surface area contributed by atoms with Crippen LogP contribution in [0.25, 0.3) is 5.57 Å². The number of nitrogens with zero attached hydrogens (tertiary/aromatic N) is 2. The van der Waals surface area contributed by atoms with Crippen LogP contribution in [-0.4, -0.2) is 72.3 Å². The Balaban J connectivity index is 1.16. The smallest absolute Gasteiger partial charge is 0.395 e. The number of halogens is 4. The van der Waals surface area contributed by atoms with Gasteiger partial charge in [-0.2, -0.15) is 13.2 Å². The number of likely N-dealkylation sites (tertiary alicyclic amines) is 2. The van der Waals surface area contributed by atoms with Crippen LogP contribution >= 0.6 is 0 Å². The average molecular weight is 564 g/mol. The van der Waals surface area contributed by atoms with Gasteiger partial charge in [0.2, 0.25) is 11.6 Å². The Morgan fingerprint density at radius 1 is 1.02 bits per heavy atom. The first-order valence-electron chi connectivity index (χ1n) is 14.2. The third kappa shape index (κ3) is 5.51. The number of amides is 2. The molecule has 218 valence electrons. The van der Waals surface area contributed by atoms with E-state index in [0.717, 1.165) is 12.8 Å². The topological polar surface area (TPSA) is 75.9 Å². The molecule has 2 aliphatic carbocycles. The first-order chi connectivity index (χ1) is 19.0. The molecule has 1 aromatic carbocycles. The summed E-state index contributed by atoms with van der Waals surface area (Å²) >= 11 is 0. The first kappa shape index (κ1) is 28.6. The summed E-state index contributed by atoms with van der Waals surface area (Å²) in [5, 5.41) is 0. The summed E-state index contributed by atoms with van der Waals surface area (Å²) in [5.74, 6) is -0.510. The predicted octanol–water partition coefficient (Wildman–Crippen LogP) is 5.04. The standard InChI is InChI=1S/C30H37F4N3O3/c31-29(27(39)37-16-3-6-25(37)26(35)38)15-2-1-5-24(29)22-7-9-23(10-8-22)40-19-21-11-17-36(18-12-21)20-28(13-4-14-28)30(32,33)34/h1-2,5,7-10,21,25H,3-4,6,11-20H2,(H2,35,38)/t25-,29?/m0/s1. The highest BCUT2D eigenvalue weighted by molar-refractivity contribution is 6.02. The molecule has 40 heavy (non-hydrogen) atoms. The van der Waals surface area contributed by atoms with E-state index in [9.17, 15) is 22.8 Å². The fourth-order valence-electron chi connectivity index (χ4n) is 6.52. The molecule has 2 aliphatic heterocycles. The van der Waals surface area contributed by atoms with Crippen molar-refractivity contribution in [1.29, 1.82) is 0 Å². The van der Waals surface area contributed by atoms with Crippen molar-refractivity contribution in [3.05, 3.63) is 48.1 Å². The van der Waals surface area contributed by atoms with Crippen molar-refractivity contribution in [2.45, 2.75) is 69.3 Å². The van der Waals surface area contributed by atoms with E-state index < -0.39 is 35.1 Å². The van der Waals surface area contributed by atoms with Crippen LogP contribution in [0, 0.1) is 11.3 Å². The quantitative estimate of drug-likeness (QED) is 0.450. The SMILES string of the molecule is NC(=O)[C@@H]1CCCN1C(=O)C1(F)CC=CC=C1c1ccc(OCC2CCN(CC3(C(F)(F)F)CCC3)CC2)cc1. The average Bonchev–Trinajstić information content (AvgIpc) is 3.40. The van der Waals surface area contributed by atoms with Crippen molar-refractivity contribution in [1.82, 2.24) is 9.80 Å². The molecule has 2 N–H and O–H groups in total. The van der Waals surface area contributed by atoms with E-state index in [-0.39, 0.29) is 37.3 Å². The number of primary amides is 1. The van der Waals surface area contributed by atoms with E-state index in [1.165, 1.54) is 4.90 Å². The number of rotatable bonds is 8. The summed E-state index contributed by atoms with van der Waals surface area (Å²) in [6, 6.07) is 6.12. The van der Waals surface area contributed by atoms with Crippen molar-refractivity contribution >= 4 is 17.4 Å². The lowest BCUT2D eigenvalue weighted by Crippen LogP contribution is -2.53. The second-order valence-electron chi connectivity index (χ2n) is 11.8. The Hall–Kier alpha value is -2.88. The summed E-state index contributed by atoms with van der Waals surface area (Å²) in [4.78, 5) is 28.3. The second-order valence-corrected chi connectivity index (χ2v) is 11.8. The summed E-state index contributed by atoms with van der Waals surface area (Å²) in [5.41, 5.74) is 2.41.